The zero-order valence-electron chi connectivity index (χ0n) is 19.4. The lowest BCUT2D eigenvalue weighted by atomic mass is 10.0. The standard InChI is InChI=1S/C27H25ClN4O3S/c28-21-9-4-3-8-18(21)16-29-27(35)32-23(17-6-1-2-7-17)15-22(31-32)20-14-19(11-12-24(20)33)30-26(34)25-10-5-13-36-25/h3-5,8-15,17,33H,1-2,6-7,16H2,(H,29,35)(H,30,34). The second kappa shape index (κ2) is 10.6. The molecule has 2 aromatic carbocycles. The molecule has 5 rings (SSSR count). The van der Waals surface area contributed by atoms with Crippen molar-refractivity contribution in [2.45, 2.75) is 38.1 Å². The number of halogens is 1. The van der Waals surface area contributed by atoms with Gasteiger partial charge in [0.05, 0.1) is 16.3 Å². The minimum atomic E-state index is -0.357. The number of aromatic hydroxyl groups is 1. The predicted octanol–water partition coefficient (Wildman–Crippen LogP) is 6.64. The summed E-state index contributed by atoms with van der Waals surface area (Å²) < 4.78 is 1.40. The molecule has 2 aromatic heterocycles. The van der Waals surface area contributed by atoms with E-state index in [1.54, 1.807) is 24.3 Å². The van der Waals surface area contributed by atoms with E-state index in [-0.39, 0.29) is 30.2 Å². The Morgan fingerprint density at radius 1 is 1.08 bits per heavy atom. The number of nitrogens with zero attached hydrogens (tertiary/aromatic N) is 2. The molecule has 2 heterocycles. The van der Waals surface area contributed by atoms with Crippen molar-refractivity contribution in [2.24, 2.45) is 0 Å². The third-order valence-electron chi connectivity index (χ3n) is 6.37. The Labute approximate surface area is 217 Å². The van der Waals surface area contributed by atoms with Crippen LogP contribution in [0.5, 0.6) is 5.75 Å². The molecule has 0 radical (unpaired) electrons. The van der Waals surface area contributed by atoms with Crippen LogP contribution in [0.1, 0.15) is 52.5 Å². The highest BCUT2D eigenvalue weighted by atomic mass is 35.5. The topological polar surface area (TPSA) is 96.2 Å². The number of benzene rings is 2. The molecule has 2 amide bonds. The number of hydrogen-bond acceptors (Lipinski definition) is 5. The van der Waals surface area contributed by atoms with E-state index in [0.29, 0.717) is 26.8 Å². The Bertz CT molecular complexity index is 1390. The lowest BCUT2D eigenvalue weighted by Crippen LogP contribution is -2.30. The van der Waals surface area contributed by atoms with Gasteiger partial charge in [-0.2, -0.15) is 9.78 Å². The van der Waals surface area contributed by atoms with Crippen molar-refractivity contribution in [3.05, 3.63) is 87.2 Å². The predicted molar refractivity (Wildman–Crippen MR) is 142 cm³/mol. The minimum Gasteiger partial charge on any atom is -0.507 e. The number of hydrogen-bond donors (Lipinski definition) is 3. The highest BCUT2D eigenvalue weighted by Gasteiger charge is 2.26. The largest absolute Gasteiger partial charge is 0.507 e. The first-order valence-electron chi connectivity index (χ1n) is 11.8. The van der Waals surface area contributed by atoms with Crippen LogP contribution in [0.4, 0.5) is 10.5 Å². The van der Waals surface area contributed by atoms with Crippen LogP contribution in [0.15, 0.2) is 66.0 Å². The van der Waals surface area contributed by atoms with Gasteiger partial charge in [0.15, 0.2) is 0 Å². The first kappa shape index (κ1) is 24.1. The van der Waals surface area contributed by atoms with Gasteiger partial charge in [0.25, 0.3) is 5.91 Å². The average molecular weight is 521 g/mol. The summed E-state index contributed by atoms with van der Waals surface area (Å²) in [5, 5.41) is 23.4. The van der Waals surface area contributed by atoms with Crippen molar-refractivity contribution >= 4 is 40.6 Å². The van der Waals surface area contributed by atoms with Crippen molar-refractivity contribution in [2.75, 3.05) is 5.32 Å². The second-order valence-corrected chi connectivity index (χ2v) is 10.1. The molecule has 0 bridgehead atoms. The molecule has 1 aliphatic rings. The van der Waals surface area contributed by atoms with Gasteiger partial charge in [-0.3, -0.25) is 4.79 Å². The van der Waals surface area contributed by atoms with Gasteiger partial charge in [-0.1, -0.05) is 48.7 Å². The Balaban J connectivity index is 1.43. The molecule has 0 atom stereocenters. The Morgan fingerprint density at radius 3 is 2.64 bits per heavy atom. The van der Waals surface area contributed by atoms with Crippen LogP contribution in [-0.2, 0) is 6.54 Å². The van der Waals surface area contributed by atoms with Crippen LogP contribution >= 0.6 is 22.9 Å². The molecule has 0 unspecified atom stereocenters. The first-order chi connectivity index (χ1) is 17.5. The molecule has 184 valence electrons. The number of nitrogens with one attached hydrogen (secondary N) is 2. The number of rotatable bonds is 6. The van der Waals surface area contributed by atoms with E-state index in [0.717, 1.165) is 36.9 Å². The van der Waals surface area contributed by atoms with Gasteiger partial charge in [-0.15, -0.1) is 11.3 Å². The number of amides is 2. The van der Waals surface area contributed by atoms with E-state index in [2.05, 4.69) is 15.7 Å². The number of phenolic OH excluding ortho intramolecular Hbond substituents is 1. The Hall–Kier alpha value is -3.62. The molecule has 0 spiro atoms. The molecular weight excluding hydrogens is 496 g/mol. The molecule has 1 saturated carbocycles. The lowest BCUT2D eigenvalue weighted by Gasteiger charge is -2.12. The molecule has 1 fully saturated rings. The molecule has 3 N–H and O–H groups in total. The fraction of sp³-hybridized carbons (Fsp3) is 0.222. The van der Waals surface area contributed by atoms with Crippen LogP contribution in [0, 0.1) is 0 Å². The number of carbonyl (C=O) groups is 2. The highest BCUT2D eigenvalue weighted by molar-refractivity contribution is 7.12. The van der Waals surface area contributed by atoms with Crippen LogP contribution in [-0.4, -0.2) is 26.8 Å². The lowest BCUT2D eigenvalue weighted by molar-refractivity contribution is 0.103. The number of phenols is 1. The van der Waals surface area contributed by atoms with Gasteiger partial charge in [-0.05, 0) is 60.2 Å². The summed E-state index contributed by atoms with van der Waals surface area (Å²) in [6.45, 7) is 0.271. The number of thiophene rings is 1. The van der Waals surface area contributed by atoms with E-state index in [4.69, 9.17) is 11.6 Å². The second-order valence-electron chi connectivity index (χ2n) is 8.76. The van der Waals surface area contributed by atoms with Crippen molar-refractivity contribution in [3.8, 4) is 17.0 Å². The molecule has 4 aromatic rings. The normalized spacial score (nSPS) is 13.6. The molecule has 1 aliphatic carbocycles. The number of anilines is 1. The number of carbonyl (C=O) groups excluding carboxylic acids is 2. The van der Waals surface area contributed by atoms with Gasteiger partial charge in [0.1, 0.15) is 5.75 Å². The molecule has 36 heavy (non-hydrogen) atoms. The summed E-state index contributed by atoms with van der Waals surface area (Å²) in [5.41, 5.74) is 3.06. The molecule has 0 aliphatic heterocycles. The maximum atomic E-state index is 13.2. The molecule has 0 saturated heterocycles. The van der Waals surface area contributed by atoms with Gasteiger partial charge in [0.2, 0.25) is 0 Å². The summed E-state index contributed by atoms with van der Waals surface area (Å²) in [4.78, 5) is 26.3. The summed E-state index contributed by atoms with van der Waals surface area (Å²) in [5.74, 6) is 0.00199. The zero-order chi connectivity index (χ0) is 25.1. The van der Waals surface area contributed by atoms with E-state index < -0.39 is 0 Å². The van der Waals surface area contributed by atoms with E-state index in [9.17, 15) is 14.7 Å². The fourth-order valence-corrected chi connectivity index (χ4v) is 5.33. The molecule has 9 heteroatoms. The SMILES string of the molecule is O=C(Nc1ccc(O)c(-c2cc(C3CCCC3)n(C(=O)NCc3ccccc3Cl)n2)c1)c1cccs1. The van der Waals surface area contributed by atoms with Crippen LogP contribution in [0.2, 0.25) is 5.02 Å². The van der Waals surface area contributed by atoms with Gasteiger partial charge in [-0.25, -0.2) is 4.79 Å². The quantitative estimate of drug-likeness (QED) is 0.248. The maximum Gasteiger partial charge on any atom is 0.342 e. The van der Waals surface area contributed by atoms with Crippen molar-refractivity contribution in [3.63, 3.8) is 0 Å². The van der Waals surface area contributed by atoms with Gasteiger partial charge >= 0.3 is 6.03 Å². The highest BCUT2D eigenvalue weighted by Crippen LogP contribution is 2.38. The smallest absolute Gasteiger partial charge is 0.342 e. The van der Waals surface area contributed by atoms with Gasteiger partial charge < -0.3 is 15.7 Å². The molecule has 7 nitrogen and oxygen atoms in total. The third kappa shape index (κ3) is 5.15. The fourth-order valence-electron chi connectivity index (χ4n) is 4.51. The summed E-state index contributed by atoms with van der Waals surface area (Å²) in [7, 11) is 0. The first-order valence-corrected chi connectivity index (χ1v) is 13.0. The third-order valence-corrected chi connectivity index (χ3v) is 7.60. The summed E-state index contributed by atoms with van der Waals surface area (Å²) in [6.07, 6.45) is 4.15. The van der Waals surface area contributed by atoms with Crippen LogP contribution < -0.4 is 10.6 Å². The van der Waals surface area contributed by atoms with Gasteiger partial charge in [0, 0.05) is 28.7 Å². The van der Waals surface area contributed by atoms with Crippen molar-refractivity contribution in [1.29, 1.82) is 0 Å². The molecular formula is C27H25ClN4O3S. The zero-order valence-corrected chi connectivity index (χ0v) is 21.0. The maximum absolute atomic E-state index is 13.2. The van der Waals surface area contributed by atoms with E-state index in [1.807, 2.05) is 35.7 Å². The summed E-state index contributed by atoms with van der Waals surface area (Å²) >= 11 is 7.59. The van der Waals surface area contributed by atoms with Crippen molar-refractivity contribution in [1.82, 2.24) is 15.1 Å². The number of aromatic nitrogens is 2. The Kier molecular flexibility index (Phi) is 7.06. The summed E-state index contributed by atoms with van der Waals surface area (Å²) in [6, 6.07) is 17.3. The van der Waals surface area contributed by atoms with E-state index >= 15 is 0 Å². The van der Waals surface area contributed by atoms with E-state index in [1.165, 1.54) is 22.1 Å². The monoisotopic (exact) mass is 520 g/mol. The minimum absolute atomic E-state index is 0.0169. The van der Waals surface area contributed by atoms with Crippen molar-refractivity contribution < 1.29 is 14.7 Å². The Morgan fingerprint density at radius 2 is 1.89 bits per heavy atom. The average Bonchev–Trinajstić information content (AvgIpc) is 3.66. The van der Waals surface area contributed by atoms with Crippen LogP contribution in [0.25, 0.3) is 11.3 Å². The van der Waals surface area contributed by atoms with Crippen LogP contribution in [0.3, 0.4) is 0 Å².